The second kappa shape index (κ2) is 7.77. The zero-order valence-electron chi connectivity index (χ0n) is 13.5. The number of rotatable bonds is 4. The predicted molar refractivity (Wildman–Crippen MR) is 91.2 cm³/mol. The average Bonchev–Trinajstić information content (AvgIpc) is 2.83. The van der Waals surface area contributed by atoms with Gasteiger partial charge in [-0.2, -0.15) is 0 Å². The smallest absolute Gasteiger partial charge is 0.228 e. The van der Waals surface area contributed by atoms with E-state index in [9.17, 15) is 4.79 Å². The number of nitrogens with one attached hydrogen (secondary N) is 1. The van der Waals surface area contributed by atoms with Gasteiger partial charge in [-0.1, -0.05) is 43.9 Å². The van der Waals surface area contributed by atoms with E-state index in [2.05, 4.69) is 23.5 Å². The molecule has 3 rings (SSSR count). The van der Waals surface area contributed by atoms with Crippen molar-refractivity contribution >= 4 is 11.6 Å². The zero-order valence-corrected chi connectivity index (χ0v) is 13.5. The van der Waals surface area contributed by atoms with Crippen molar-refractivity contribution in [2.75, 3.05) is 18.0 Å². The van der Waals surface area contributed by atoms with Gasteiger partial charge in [0.15, 0.2) is 0 Å². The molecule has 1 fully saturated rings. The van der Waals surface area contributed by atoms with Crippen LogP contribution >= 0.6 is 0 Å². The Morgan fingerprint density at radius 1 is 1.09 bits per heavy atom. The topological polar surface area (TPSA) is 32.3 Å². The van der Waals surface area contributed by atoms with E-state index in [0.717, 1.165) is 31.6 Å². The highest BCUT2D eigenvalue weighted by molar-refractivity contribution is 5.94. The monoisotopic (exact) mass is 300 g/mol. The van der Waals surface area contributed by atoms with Gasteiger partial charge in [-0.3, -0.25) is 4.79 Å². The maximum atomic E-state index is 12.6. The Labute approximate surface area is 134 Å². The molecule has 1 N–H and O–H groups in total. The Hall–Kier alpha value is -1.35. The molecule has 0 spiro atoms. The fraction of sp³-hybridized carbons (Fsp3) is 0.632. The molecule has 3 nitrogen and oxygen atoms in total. The van der Waals surface area contributed by atoms with Crippen LogP contribution < -0.4 is 10.2 Å². The first-order valence-corrected chi connectivity index (χ1v) is 8.96. The van der Waals surface area contributed by atoms with Gasteiger partial charge < -0.3 is 10.2 Å². The first kappa shape index (κ1) is 15.5. The summed E-state index contributed by atoms with van der Waals surface area (Å²) in [5.74, 6) is 0.272. The van der Waals surface area contributed by atoms with Crippen LogP contribution in [0.3, 0.4) is 0 Å². The van der Waals surface area contributed by atoms with Gasteiger partial charge in [0.1, 0.15) is 0 Å². The molecule has 0 unspecified atom stereocenters. The van der Waals surface area contributed by atoms with Crippen LogP contribution in [-0.4, -0.2) is 25.0 Å². The summed E-state index contributed by atoms with van der Waals surface area (Å²) in [7, 11) is 0. The number of anilines is 1. The van der Waals surface area contributed by atoms with Gasteiger partial charge in [-0.05, 0) is 37.3 Å². The highest BCUT2D eigenvalue weighted by atomic mass is 16.2. The van der Waals surface area contributed by atoms with Crippen LogP contribution in [-0.2, 0) is 11.2 Å². The van der Waals surface area contributed by atoms with Crippen molar-refractivity contribution < 1.29 is 4.79 Å². The molecule has 1 aliphatic heterocycles. The first-order chi connectivity index (χ1) is 10.8. The standard InChI is InChI=1S/C19H28N2O/c22-19(13-14-20-17-10-3-1-2-4-11-17)21-15-7-9-16-8-5-6-12-18(16)21/h5-6,8,12,17,20H,1-4,7,9-11,13-15H2. The van der Waals surface area contributed by atoms with Crippen LogP contribution in [0.15, 0.2) is 24.3 Å². The van der Waals surface area contributed by atoms with Crippen LogP contribution in [0.25, 0.3) is 0 Å². The number of fused-ring (bicyclic) bond motifs is 1. The van der Waals surface area contributed by atoms with Gasteiger partial charge in [-0.25, -0.2) is 0 Å². The molecule has 0 bridgehead atoms. The number of para-hydroxylation sites is 1. The summed E-state index contributed by atoms with van der Waals surface area (Å²) in [5, 5.41) is 3.61. The second-order valence-corrected chi connectivity index (χ2v) is 6.67. The molecule has 120 valence electrons. The minimum absolute atomic E-state index is 0.272. The Morgan fingerprint density at radius 2 is 1.86 bits per heavy atom. The predicted octanol–water partition coefficient (Wildman–Crippen LogP) is 3.67. The third-order valence-corrected chi connectivity index (χ3v) is 5.04. The Morgan fingerprint density at radius 3 is 2.68 bits per heavy atom. The summed E-state index contributed by atoms with van der Waals surface area (Å²) < 4.78 is 0. The van der Waals surface area contributed by atoms with E-state index in [0.29, 0.717) is 12.5 Å². The first-order valence-electron chi connectivity index (χ1n) is 8.96. The Balaban J connectivity index is 1.50. The third-order valence-electron chi connectivity index (χ3n) is 5.04. The molecule has 1 aromatic carbocycles. The van der Waals surface area contributed by atoms with Crippen molar-refractivity contribution in [2.45, 2.75) is 63.8 Å². The van der Waals surface area contributed by atoms with Gasteiger partial charge in [0, 0.05) is 31.2 Å². The lowest BCUT2D eigenvalue weighted by Gasteiger charge is -2.29. The SMILES string of the molecule is O=C(CCNC1CCCCCC1)N1CCCc2ccccc21. The van der Waals surface area contributed by atoms with Crippen LogP contribution in [0.2, 0.25) is 0 Å². The molecule has 1 amide bonds. The minimum Gasteiger partial charge on any atom is -0.313 e. The summed E-state index contributed by atoms with van der Waals surface area (Å²) in [4.78, 5) is 14.5. The van der Waals surface area contributed by atoms with Crippen molar-refractivity contribution in [3.8, 4) is 0 Å². The summed E-state index contributed by atoms with van der Waals surface area (Å²) >= 11 is 0. The number of benzene rings is 1. The molecular formula is C19H28N2O. The molecule has 1 aliphatic carbocycles. The van der Waals surface area contributed by atoms with Crippen LogP contribution in [0.1, 0.15) is 56.9 Å². The van der Waals surface area contributed by atoms with Crippen LogP contribution in [0.4, 0.5) is 5.69 Å². The van der Waals surface area contributed by atoms with E-state index in [4.69, 9.17) is 0 Å². The Kier molecular flexibility index (Phi) is 5.49. The number of carbonyl (C=O) groups is 1. The maximum absolute atomic E-state index is 12.6. The summed E-state index contributed by atoms with van der Waals surface area (Å²) in [5.41, 5.74) is 2.45. The number of carbonyl (C=O) groups excluding carboxylic acids is 1. The van der Waals surface area contributed by atoms with Gasteiger partial charge in [0.05, 0.1) is 0 Å². The number of hydrogen-bond acceptors (Lipinski definition) is 2. The molecule has 0 radical (unpaired) electrons. The molecule has 0 aromatic heterocycles. The molecule has 0 saturated heterocycles. The summed E-state index contributed by atoms with van der Waals surface area (Å²) in [6.45, 7) is 1.70. The summed E-state index contributed by atoms with van der Waals surface area (Å²) in [6, 6.07) is 8.97. The quantitative estimate of drug-likeness (QED) is 0.861. The van der Waals surface area contributed by atoms with Crippen molar-refractivity contribution in [3.05, 3.63) is 29.8 Å². The lowest BCUT2D eigenvalue weighted by molar-refractivity contribution is -0.118. The fourth-order valence-corrected chi connectivity index (χ4v) is 3.79. The van der Waals surface area contributed by atoms with E-state index in [-0.39, 0.29) is 5.91 Å². The van der Waals surface area contributed by atoms with Gasteiger partial charge in [0.25, 0.3) is 0 Å². The average molecular weight is 300 g/mol. The number of nitrogens with zero attached hydrogens (tertiary/aromatic N) is 1. The van der Waals surface area contributed by atoms with Crippen molar-refractivity contribution in [1.82, 2.24) is 5.32 Å². The van der Waals surface area contributed by atoms with Crippen molar-refractivity contribution in [1.29, 1.82) is 0 Å². The van der Waals surface area contributed by atoms with Crippen molar-refractivity contribution in [2.24, 2.45) is 0 Å². The second-order valence-electron chi connectivity index (χ2n) is 6.67. The molecule has 1 aromatic rings. The van der Waals surface area contributed by atoms with Gasteiger partial charge in [0.2, 0.25) is 5.91 Å². The molecule has 2 aliphatic rings. The van der Waals surface area contributed by atoms with Crippen LogP contribution in [0, 0.1) is 0 Å². The maximum Gasteiger partial charge on any atom is 0.228 e. The van der Waals surface area contributed by atoms with Crippen molar-refractivity contribution in [3.63, 3.8) is 0 Å². The molecule has 1 saturated carbocycles. The van der Waals surface area contributed by atoms with Crippen LogP contribution in [0.5, 0.6) is 0 Å². The molecule has 1 heterocycles. The molecular weight excluding hydrogens is 272 g/mol. The summed E-state index contributed by atoms with van der Waals surface area (Å²) in [6.07, 6.45) is 10.8. The largest absolute Gasteiger partial charge is 0.313 e. The van der Waals surface area contributed by atoms with E-state index < -0.39 is 0 Å². The van der Waals surface area contributed by atoms with E-state index in [1.807, 2.05) is 11.0 Å². The lowest BCUT2D eigenvalue weighted by Crippen LogP contribution is -2.38. The van der Waals surface area contributed by atoms with E-state index >= 15 is 0 Å². The van der Waals surface area contributed by atoms with E-state index in [1.54, 1.807) is 0 Å². The highest BCUT2D eigenvalue weighted by Gasteiger charge is 2.22. The molecule has 3 heteroatoms. The van der Waals surface area contributed by atoms with Gasteiger partial charge in [-0.15, -0.1) is 0 Å². The molecule has 0 atom stereocenters. The minimum atomic E-state index is 0.272. The third kappa shape index (κ3) is 3.89. The fourth-order valence-electron chi connectivity index (χ4n) is 3.79. The van der Waals surface area contributed by atoms with Gasteiger partial charge >= 0.3 is 0 Å². The van der Waals surface area contributed by atoms with E-state index in [1.165, 1.54) is 44.1 Å². The zero-order chi connectivity index (χ0) is 15.2. The normalized spacial score (nSPS) is 19.5. The highest BCUT2D eigenvalue weighted by Crippen LogP contribution is 2.27. The number of aryl methyl sites for hydroxylation is 1. The number of amides is 1. The lowest BCUT2D eigenvalue weighted by atomic mass is 10.0. The molecule has 22 heavy (non-hydrogen) atoms. The Bertz CT molecular complexity index is 492. The number of hydrogen-bond donors (Lipinski definition) is 1.